The van der Waals surface area contributed by atoms with Crippen LogP contribution in [0.3, 0.4) is 0 Å². The fourth-order valence-electron chi connectivity index (χ4n) is 22.2. The maximum atomic E-state index is 13.3. The SMILES string of the molecule is CC1CCc2c(sc3ncnc(N4CCC(C(N)=O)CC4)c23)C1.CC1CCc2c(sc3ncnc(N4CCN(S(=O)(=O)c5ccc(C(C)(C)C)cc5)CC4)c23)C1.CC1CCc2c(sc3ncnc(NC4CCN(Cc5ccccc5)CC4)c23)C1.CN(C)C1CCC(Nc2ncnc3sc4c(c23)C(C)(C)CC4)CC1.CN(C)C1CCC(Oc2ncnc3sc4c(c23)C(C)(C)CC4)CC1. The standard InChI is InChI=1S/C25H32N4O2S2.C23H28N4S.C19H28N4S.C19H27N3OS.C17H22N4OS/c1-17-5-10-20-21(15-17)32-24-22(20)23(26-16-27-24)28-11-13-29(14-12-28)33(30,31)19-8-6-18(7-9-19)25(2,3)4;1-16-7-8-19-20(13-16)28-23-21(19)22(24-15-25-23)26-18-9-11-27(12-10-18)14-17-5-3-2-4-6-17;1-19(2)10-9-14-16(19)15-17(20-11-21-18(15)24-14)22-12-5-7-13(8-6-12)23(3)4;1-19(2)10-9-14-16(19)15-17(20-11-21-18(15)24-14)23-13-7-5-12(6-8-13)22(3)4;1-10-2-3-12-13(8-10)23-17-14(12)16(19-9-20-17)21-6-4-11(5-7-21)15(18)22/h6-9,16-17H,5,10-15H2,1-4H3;2-6,15-16,18H,7-14H2,1H3,(H,24,25,26);11-13H,5-10H2,1-4H3,(H,20,21,22);11-13H,5-10H2,1-4H3;9-11H,2-8H2,1H3,(H2,18,22). The van der Waals surface area contributed by atoms with Gasteiger partial charge in [-0.1, -0.05) is 112 Å². The van der Waals surface area contributed by atoms with Crippen LogP contribution >= 0.6 is 56.7 Å². The van der Waals surface area contributed by atoms with E-state index in [0.717, 1.165) is 161 Å². The van der Waals surface area contributed by atoms with Crippen LogP contribution in [0, 0.1) is 23.7 Å². The first-order valence-electron chi connectivity index (χ1n) is 48.9. The number of nitrogens with two attached hydrogens (primary N) is 1. The van der Waals surface area contributed by atoms with E-state index in [1.54, 1.807) is 59.4 Å². The van der Waals surface area contributed by atoms with Gasteiger partial charge in [-0.3, -0.25) is 9.69 Å². The number of aryl methyl sites for hydroxylation is 5. The maximum Gasteiger partial charge on any atom is 0.243 e. The van der Waals surface area contributed by atoms with Crippen LogP contribution in [-0.4, -0.2) is 194 Å². The van der Waals surface area contributed by atoms with Crippen molar-refractivity contribution in [2.75, 3.05) is 101 Å². The molecule has 132 heavy (non-hydrogen) atoms. The first-order valence-corrected chi connectivity index (χ1v) is 54.5. The van der Waals surface area contributed by atoms with E-state index in [1.807, 2.05) is 57.5 Å². The third-order valence-corrected chi connectivity index (χ3v) is 38.0. The van der Waals surface area contributed by atoms with Crippen LogP contribution in [0.25, 0.3) is 51.1 Å². The number of benzene rings is 2. The lowest BCUT2D eigenvalue weighted by Gasteiger charge is -2.35. The van der Waals surface area contributed by atoms with Gasteiger partial charge in [-0.05, 0) is 274 Å². The average Bonchev–Trinajstić information content (AvgIpc) is 1.59. The summed E-state index contributed by atoms with van der Waals surface area (Å²) in [6.45, 7) is 30.0. The van der Waals surface area contributed by atoms with E-state index in [1.165, 1.54) is 194 Å². The number of nitrogens with one attached hydrogen (secondary N) is 2. The lowest BCUT2D eigenvalue weighted by atomic mass is 9.86. The molecule has 3 atom stereocenters. The third-order valence-electron chi connectivity index (χ3n) is 30.3. The molecule has 3 unspecified atom stereocenters. The molecular weight excluding hydrogens is 1760 g/mol. The van der Waals surface area contributed by atoms with Crippen LogP contribution in [-0.2, 0) is 89.0 Å². The van der Waals surface area contributed by atoms with E-state index in [9.17, 15) is 13.2 Å². The second-order valence-electron chi connectivity index (χ2n) is 42.2. The van der Waals surface area contributed by atoms with Gasteiger partial charge in [0.25, 0.3) is 0 Å². The molecule has 13 heterocycles. The van der Waals surface area contributed by atoms with Crippen molar-refractivity contribution in [3.05, 3.63) is 150 Å². The Morgan fingerprint density at radius 2 is 0.894 bits per heavy atom. The van der Waals surface area contributed by atoms with Crippen LogP contribution < -0.4 is 30.9 Å². The number of fused-ring (bicyclic) bond motifs is 15. The molecule has 12 aromatic rings. The van der Waals surface area contributed by atoms with Crippen molar-refractivity contribution in [3.63, 3.8) is 0 Å². The Balaban J connectivity index is 0.000000111. The number of ether oxygens (including phenoxy) is 1. The predicted octanol–water partition coefficient (Wildman–Crippen LogP) is 20.4. The number of sulfonamides is 1. The average molecular weight is 1900 g/mol. The first-order chi connectivity index (χ1) is 63.4. The first kappa shape index (κ1) is 94.3. The van der Waals surface area contributed by atoms with Gasteiger partial charge in [-0.2, -0.15) is 4.31 Å². The van der Waals surface area contributed by atoms with Gasteiger partial charge in [0.05, 0.1) is 31.8 Å². The highest BCUT2D eigenvalue weighted by atomic mass is 32.2. The number of piperidine rings is 2. The molecular formula is C103H137N19O4S6. The summed E-state index contributed by atoms with van der Waals surface area (Å²) in [5, 5.41) is 13.8. The number of primary amides is 1. The molecule has 2 aromatic carbocycles. The Kier molecular flexibility index (Phi) is 28.5. The van der Waals surface area contributed by atoms with E-state index in [4.69, 9.17) is 10.5 Å². The number of carbonyl (C=O) groups excluding carboxylic acids is 1. The largest absolute Gasteiger partial charge is 0.474 e. The van der Waals surface area contributed by atoms with Gasteiger partial charge in [0.15, 0.2) is 0 Å². The van der Waals surface area contributed by atoms with Crippen molar-refractivity contribution in [2.24, 2.45) is 29.4 Å². The molecule has 4 N–H and O–H groups in total. The zero-order valence-corrected chi connectivity index (χ0v) is 85.0. The fourth-order valence-corrected chi connectivity index (χ4v) is 30.3. The Morgan fingerprint density at radius 3 is 1.39 bits per heavy atom. The highest BCUT2D eigenvalue weighted by Gasteiger charge is 2.41. The topological polar surface area (TPSA) is 259 Å². The molecule has 5 fully saturated rings. The van der Waals surface area contributed by atoms with E-state index in [0.29, 0.717) is 61.2 Å². The molecule has 29 heteroatoms. The number of aromatic nitrogens is 10. The maximum absolute atomic E-state index is 13.3. The number of anilines is 4. The fraction of sp³-hybridized carbons (Fsp3) is 0.583. The smallest absolute Gasteiger partial charge is 0.243 e. The number of rotatable bonds is 15. The minimum absolute atomic E-state index is 0.00428. The number of hydrogen-bond acceptors (Lipinski definition) is 26. The van der Waals surface area contributed by atoms with Gasteiger partial charge in [0, 0.05) is 113 Å². The van der Waals surface area contributed by atoms with Crippen molar-refractivity contribution in [2.45, 2.75) is 288 Å². The van der Waals surface area contributed by atoms with Gasteiger partial charge >= 0.3 is 0 Å². The lowest BCUT2D eigenvalue weighted by Crippen LogP contribution is -2.49. The van der Waals surface area contributed by atoms with Crippen LogP contribution in [0.5, 0.6) is 5.88 Å². The van der Waals surface area contributed by atoms with Crippen molar-refractivity contribution < 1.29 is 17.9 Å². The number of carbonyl (C=O) groups is 1. The van der Waals surface area contributed by atoms with E-state index in [-0.39, 0.29) is 28.1 Å². The number of piperazine rings is 1. The number of nitrogens with zero attached hydrogens (tertiary/aromatic N) is 16. The van der Waals surface area contributed by atoms with Gasteiger partial charge in [-0.25, -0.2) is 58.3 Å². The monoisotopic (exact) mass is 1900 g/mol. The van der Waals surface area contributed by atoms with Crippen LogP contribution in [0.4, 0.5) is 23.3 Å². The Hall–Kier alpha value is -8.10. The van der Waals surface area contributed by atoms with Gasteiger partial charge in [-0.15, -0.1) is 56.7 Å². The van der Waals surface area contributed by atoms with Crippen LogP contribution in [0.2, 0.25) is 0 Å². The zero-order valence-electron chi connectivity index (χ0n) is 80.1. The number of thiophene rings is 5. The Bertz CT molecular complexity index is 6030. The van der Waals surface area contributed by atoms with Crippen LogP contribution in [0.15, 0.2) is 91.1 Å². The summed E-state index contributed by atoms with van der Waals surface area (Å²) < 4.78 is 34.6. The summed E-state index contributed by atoms with van der Waals surface area (Å²) in [5.74, 6) is 7.11. The molecule has 23 nitrogen and oxygen atoms in total. The summed E-state index contributed by atoms with van der Waals surface area (Å²) in [6.07, 6.45) is 37.8. The molecule has 1 amide bonds. The summed E-state index contributed by atoms with van der Waals surface area (Å²) >= 11 is 9.22. The molecule has 7 aliphatic carbocycles. The zero-order chi connectivity index (χ0) is 92.1. The lowest BCUT2D eigenvalue weighted by molar-refractivity contribution is -0.122. The Labute approximate surface area is 801 Å². The minimum atomic E-state index is -3.51. The highest BCUT2D eigenvalue weighted by Crippen LogP contribution is 2.52. The summed E-state index contributed by atoms with van der Waals surface area (Å²) in [7, 11) is 5.24. The molecule has 0 bridgehead atoms. The molecule has 704 valence electrons. The molecule has 3 saturated heterocycles. The van der Waals surface area contributed by atoms with Crippen molar-refractivity contribution in [1.29, 1.82) is 0 Å². The summed E-state index contributed by atoms with van der Waals surface area (Å²) in [5.41, 5.74) is 15.8. The van der Waals surface area contributed by atoms with Crippen molar-refractivity contribution >= 4 is 147 Å². The molecule has 22 rings (SSSR count). The third kappa shape index (κ3) is 20.5. The van der Waals surface area contributed by atoms with E-state index < -0.39 is 10.0 Å². The highest BCUT2D eigenvalue weighted by molar-refractivity contribution is 7.89. The molecule has 2 saturated carbocycles. The second kappa shape index (κ2) is 39.9. The van der Waals surface area contributed by atoms with Gasteiger partial charge in [0.1, 0.15) is 85.2 Å². The van der Waals surface area contributed by atoms with Gasteiger partial charge in [0.2, 0.25) is 21.8 Å². The molecule has 0 radical (unpaired) electrons. The predicted molar refractivity (Wildman–Crippen MR) is 546 cm³/mol. The summed E-state index contributed by atoms with van der Waals surface area (Å²) in [6, 6.07) is 20.6. The quantitative estimate of drug-likeness (QED) is 0.0861. The molecule has 10 aromatic heterocycles. The number of amides is 1. The van der Waals surface area contributed by atoms with Gasteiger partial charge < -0.3 is 40.7 Å². The Morgan fingerprint density at radius 1 is 0.470 bits per heavy atom. The van der Waals surface area contributed by atoms with E-state index in [2.05, 4.69) is 213 Å². The molecule has 10 aliphatic rings. The molecule has 3 aliphatic heterocycles. The van der Waals surface area contributed by atoms with Crippen molar-refractivity contribution in [1.82, 2.24) is 68.8 Å². The summed E-state index contributed by atoms with van der Waals surface area (Å²) in [4.78, 5) is 82.5. The van der Waals surface area contributed by atoms with Crippen LogP contribution in [0.1, 0.15) is 242 Å². The minimum Gasteiger partial charge on any atom is -0.474 e. The normalized spacial score (nSPS) is 22.9. The van der Waals surface area contributed by atoms with E-state index >= 15 is 0 Å². The van der Waals surface area contributed by atoms with Crippen molar-refractivity contribution in [3.8, 4) is 5.88 Å². The number of hydrogen-bond donors (Lipinski definition) is 3. The second-order valence-corrected chi connectivity index (χ2v) is 49.5. The number of likely N-dealkylation sites (tertiary alicyclic amines) is 1. The molecule has 0 spiro atoms.